The van der Waals surface area contributed by atoms with Crippen molar-refractivity contribution in [2.45, 2.75) is 5.16 Å². The summed E-state index contributed by atoms with van der Waals surface area (Å²) in [6.45, 7) is 0. The molecule has 0 atom stereocenters. The Morgan fingerprint density at radius 1 is 1.09 bits per heavy atom. The lowest BCUT2D eigenvalue weighted by molar-refractivity contribution is 0.763. The van der Waals surface area contributed by atoms with Crippen LogP contribution in [-0.4, -0.2) is 26.3 Å². The van der Waals surface area contributed by atoms with Gasteiger partial charge in [0.2, 0.25) is 5.16 Å². The van der Waals surface area contributed by atoms with Gasteiger partial charge in [0.1, 0.15) is 0 Å². The van der Waals surface area contributed by atoms with E-state index in [1.165, 1.54) is 0 Å². The standard InChI is InChI=1S/C14H8Cl2N4S2/c15-9-4-1-3-8(12(9)16)13-17-18-14-20(13)19-10(7-22-14)11-5-2-6-21-11/h1-6H,7H2. The van der Waals surface area contributed by atoms with Crippen molar-refractivity contribution in [2.75, 3.05) is 5.75 Å². The minimum atomic E-state index is 0.461. The van der Waals surface area contributed by atoms with E-state index in [-0.39, 0.29) is 0 Å². The summed E-state index contributed by atoms with van der Waals surface area (Å²) < 4.78 is 1.74. The van der Waals surface area contributed by atoms with Gasteiger partial charge in [0.25, 0.3) is 0 Å². The van der Waals surface area contributed by atoms with Crippen molar-refractivity contribution in [1.29, 1.82) is 0 Å². The third kappa shape index (κ3) is 2.36. The molecule has 1 aromatic carbocycles. The van der Waals surface area contributed by atoms with Crippen LogP contribution in [0.4, 0.5) is 0 Å². The summed E-state index contributed by atoms with van der Waals surface area (Å²) in [4.78, 5) is 1.15. The molecule has 0 unspecified atom stereocenters. The van der Waals surface area contributed by atoms with Gasteiger partial charge in [-0.3, -0.25) is 0 Å². The molecular formula is C14H8Cl2N4S2. The highest BCUT2D eigenvalue weighted by Crippen LogP contribution is 2.35. The SMILES string of the molecule is Clc1cccc(-c2nnc3n2N=C(c2cccs2)CS3)c1Cl. The van der Waals surface area contributed by atoms with Crippen LogP contribution in [0.5, 0.6) is 0 Å². The van der Waals surface area contributed by atoms with Gasteiger partial charge in [0, 0.05) is 11.3 Å². The number of hydrogen-bond acceptors (Lipinski definition) is 5. The Morgan fingerprint density at radius 3 is 2.82 bits per heavy atom. The van der Waals surface area contributed by atoms with Crippen molar-refractivity contribution in [3.05, 3.63) is 50.6 Å². The molecule has 22 heavy (non-hydrogen) atoms. The Labute approximate surface area is 144 Å². The van der Waals surface area contributed by atoms with Crippen molar-refractivity contribution in [1.82, 2.24) is 14.9 Å². The molecule has 0 saturated heterocycles. The zero-order valence-corrected chi connectivity index (χ0v) is 14.2. The quantitative estimate of drug-likeness (QED) is 0.661. The maximum atomic E-state index is 6.30. The molecule has 4 rings (SSSR count). The van der Waals surface area contributed by atoms with E-state index in [2.05, 4.69) is 16.3 Å². The summed E-state index contributed by atoms with van der Waals surface area (Å²) >= 11 is 15.7. The molecule has 0 radical (unpaired) electrons. The normalized spacial score (nSPS) is 13.8. The third-order valence-corrected chi connectivity index (χ3v) is 5.84. The number of halogens is 2. The van der Waals surface area contributed by atoms with Gasteiger partial charge in [0.15, 0.2) is 5.82 Å². The van der Waals surface area contributed by atoms with E-state index >= 15 is 0 Å². The number of benzene rings is 1. The van der Waals surface area contributed by atoms with Crippen LogP contribution in [0.3, 0.4) is 0 Å². The van der Waals surface area contributed by atoms with E-state index in [9.17, 15) is 0 Å². The lowest BCUT2D eigenvalue weighted by Gasteiger charge is -2.13. The first kappa shape index (κ1) is 14.3. The lowest BCUT2D eigenvalue weighted by atomic mass is 10.2. The number of rotatable bonds is 2. The molecule has 1 aliphatic rings. The van der Waals surface area contributed by atoms with Gasteiger partial charge < -0.3 is 0 Å². The van der Waals surface area contributed by atoms with E-state index < -0.39 is 0 Å². The Morgan fingerprint density at radius 2 is 2.00 bits per heavy atom. The van der Waals surface area contributed by atoms with E-state index in [0.717, 1.165) is 27.1 Å². The van der Waals surface area contributed by atoms with Gasteiger partial charge in [-0.1, -0.05) is 47.1 Å². The van der Waals surface area contributed by atoms with Crippen LogP contribution in [-0.2, 0) is 0 Å². The molecule has 8 heteroatoms. The Balaban J connectivity index is 1.86. The first-order valence-electron chi connectivity index (χ1n) is 6.38. The molecule has 3 heterocycles. The van der Waals surface area contributed by atoms with Gasteiger partial charge in [-0.25, -0.2) is 0 Å². The number of hydrogen-bond donors (Lipinski definition) is 0. The van der Waals surface area contributed by atoms with E-state index in [4.69, 9.17) is 28.3 Å². The predicted octanol–water partition coefficient (Wildman–Crippen LogP) is 4.67. The lowest BCUT2D eigenvalue weighted by Crippen LogP contribution is -2.12. The smallest absolute Gasteiger partial charge is 0.186 e. The van der Waals surface area contributed by atoms with Crippen LogP contribution in [0.25, 0.3) is 11.4 Å². The van der Waals surface area contributed by atoms with Crippen molar-refractivity contribution in [3.8, 4) is 11.4 Å². The minimum absolute atomic E-state index is 0.461. The van der Waals surface area contributed by atoms with Gasteiger partial charge in [-0.2, -0.15) is 9.78 Å². The monoisotopic (exact) mass is 366 g/mol. The van der Waals surface area contributed by atoms with Crippen LogP contribution >= 0.6 is 46.3 Å². The number of fused-ring (bicyclic) bond motifs is 1. The van der Waals surface area contributed by atoms with Crippen molar-refractivity contribution >= 4 is 52.0 Å². The Bertz CT molecular complexity index is 871. The van der Waals surface area contributed by atoms with Crippen molar-refractivity contribution < 1.29 is 0 Å². The first-order chi connectivity index (χ1) is 10.7. The van der Waals surface area contributed by atoms with Crippen LogP contribution in [0.1, 0.15) is 4.88 Å². The van der Waals surface area contributed by atoms with Gasteiger partial charge in [-0.15, -0.1) is 21.5 Å². The summed E-state index contributed by atoms with van der Waals surface area (Å²) in [6.07, 6.45) is 0. The topological polar surface area (TPSA) is 43.1 Å². The molecule has 4 nitrogen and oxygen atoms in total. The summed E-state index contributed by atoms with van der Waals surface area (Å²) in [5.74, 6) is 1.38. The van der Waals surface area contributed by atoms with E-state index in [1.807, 2.05) is 23.6 Å². The number of thioether (sulfide) groups is 1. The zero-order valence-electron chi connectivity index (χ0n) is 11.0. The number of aromatic nitrogens is 3. The summed E-state index contributed by atoms with van der Waals surface area (Å²) in [5.41, 5.74) is 1.73. The molecule has 1 aliphatic heterocycles. The highest BCUT2D eigenvalue weighted by atomic mass is 35.5. The highest BCUT2D eigenvalue weighted by Gasteiger charge is 2.22. The Kier molecular flexibility index (Phi) is 3.69. The molecule has 3 aromatic rings. The fourth-order valence-corrected chi connectivity index (χ4v) is 4.15. The molecular weight excluding hydrogens is 359 g/mol. The molecule has 0 fully saturated rings. The van der Waals surface area contributed by atoms with Crippen LogP contribution in [0.2, 0.25) is 10.0 Å². The number of nitrogens with zero attached hydrogens (tertiary/aromatic N) is 4. The second-order valence-electron chi connectivity index (χ2n) is 4.53. The highest BCUT2D eigenvalue weighted by molar-refractivity contribution is 7.99. The van der Waals surface area contributed by atoms with Gasteiger partial charge in [-0.05, 0) is 23.6 Å². The average Bonchev–Trinajstić information content (AvgIpc) is 3.18. The molecule has 2 aromatic heterocycles. The Hall–Kier alpha value is -1.34. The molecule has 0 saturated carbocycles. The van der Waals surface area contributed by atoms with E-state index in [1.54, 1.807) is 33.8 Å². The summed E-state index contributed by atoms with van der Waals surface area (Å²) in [7, 11) is 0. The average molecular weight is 367 g/mol. The fourth-order valence-electron chi connectivity index (χ4n) is 2.14. The molecule has 0 aliphatic carbocycles. The molecule has 0 N–H and O–H groups in total. The zero-order chi connectivity index (χ0) is 15.1. The summed E-state index contributed by atoms with van der Waals surface area (Å²) in [6, 6.07) is 9.53. The molecule has 0 spiro atoms. The van der Waals surface area contributed by atoms with Crippen LogP contribution in [0.15, 0.2) is 46.0 Å². The third-order valence-electron chi connectivity index (χ3n) is 3.17. The minimum Gasteiger partial charge on any atom is -0.186 e. The predicted molar refractivity (Wildman–Crippen MR) is 92.5 cm³/mol. The fraction of sp³-hybridized carbons (Fsp3) is 0.0714. The second kappa shape index (κ2) is 5.70. The molecule has 0 bridgehead atoms. The number of thiophene rings is 1. The maximum absolute atomic E-state index is 6.30. The van der Waals surface area contributed by atoms with Crippen LogP contribution < -0.4 is 0 Å². The van der Waals surface area contributed by atoms with Gasteiger partial charge >= 0.3 is 0 Å². The second-order valence-corrected chi connectivity index (χ2v) is 7.21. The molecule has 0 amide bonds. The van der Waals surface area contributed by atoms with Crippen molar-refractivity contribution in [3.63, 3.8) is 0 Å². The molecule has 110 valence electrons. The van der Waals surface area contributed by atoms with Crippen LogP contribution in [0, 0.1) is 0 Å². The first-order valence-corrected chi connectivity index (χ1v) is 9.00. The largest absolute Gasteiger partial charge is 0.212 e. The summed E-state index contributed by atoms with van der Waals surface area (Å²) in [5, 5.41) is 16.9. The van der Waals surface area contributed by atoms with E-state index in [0.29, 0.717) is 15.9 Å². The van der Waals surface area contributed by atoms with Crippen molar-refractivity contribution in [2.24, 2.45) is 5.10 Å². The van der Waals surface area contributed by atoms with Gasteiger partial charge in [0.05, 0.1) is 20.6 Å². The maximum Gasteiger partial charge on any atom is 0.212 e.